The molecule has 1 aliphatic heterocycles. The number of rotatable bonds is 6. The summed E-state index contributed by atoms with van der Waals surface area (Å²) in [6.45, 7) is 4.56. The normalized spacial score (nSPS) is 18.5. The van der Waals surface area contributed by atoms with Crippen LogP contribution in [0.15, 0.2) is 52.8 Å². The van der Waals surface area contributed by atoms with Gasteiger partial charge in [0.05, 0.1) is 12.2 Å². The van der Waals surface area contributed by atoms with Gasteiger partial charge in [-0.1, -0.05) is 37.5 Å². The molecule has 2 aliphatic rings. The fourth-order valence-corrected chi connectivity index (χ4v) is 5.80. The smallest absolute Gasteiger partial charge is 0.258 e. The van der Waals surface area contributed by atoms with Gasteiger partial charge in [-0.25, -0.2) is 4.98 Å². The molecular weight excluding hydrogens is 434 g/mol. The Bertz CT molecular complexity index is 1130. The van der Waals surface area contributed by atoms with Crippen molar-refractivity contribution in [1.29, 1.82) is 0 Å². The van der Waals surface area contributed by atoms with E-state index in [9.17, 15) is 9.59 Å². The lowest BCUT2D eigenvalue weighted by molar-refractivity contribution is -0.120. The maximum Gasteiger partial charge on any atom is 0.258 e. The molecule has 8 heteroatoms. The van der Waals surface area contributed by atoms with Crippen LogP contribution in [0.3, 0.4) is 0 Å². The molecule has 2 aromatic heterocycles. The molecule has 5 rings (SSSR count). The molecule has 1 saturated heterocycles. The number of nitrogens with zero attached hydrogens (tertiary/aromatic N) is 5. The second-order valence-electron chi connectivity index (χ2n) is 9.08. The Balaban J connectivity index is 1.19. The van der Waals surface area contributed by atoms with E-state index in [-0.39, 0.29) is 11.5 Å². The Kier molecular flexibility index (Phi) is 6.85. The zero-order chi connectivity index (χ0) is 22.6. The van der Waals surface area contributed by atoms with Gasteiger partial charge >= 0.3 is 0 Å². The molecule has 0 spiro atoms. The van der Waals surface area contributed by atoms with Crippen LogP contribution in [0.2, 0.25) is 0 Å². The van der Waals surface area contributed by atoms with E-state index in [0.717, 1.165) is 55.4 Å². The van der Waals surface area contributed by atoms with E-state index >= 15 is 0 Å². The van der Waals surface area contributed by atoms with Crippen molar-refractivity contribution in [2.24, 2.45) is 0 Å². The monoisotopic (exact) mass is 465 g/mol. The van der Waals surface area contributed by atoms with E-state index in [4.69, 9.17) is 0 Å². The molecule has 0 N–H and O–H groups in total. The van der Waals surface area contributed by atoms with Crippen molar-refractivity contribution in [3.8, 4) is 0 Å². The van der Waals surface area contributed by atoms with Crippen molar-refractivity contribution in [1.82, 2.24) is 19.2 Å². The van der Waals surface area contributed by atoms with Crippen molar-refractivity contribution >= 4 is 27.9 Å². The number of hydrogen-bond acceptors (Lipinski definition) is 6. The highest BCUT2D eigenvalue weighted by molar-refractivity contribution is 7.15. The number of anilines is 1. The van der Waals surface area contributed by atoms with Crippen molar-refractivity contribution < 1.29 is 4.79 Å². The molecule has 2 fully saturated rings. The van der Waals surface area contributed by atoms with Crippen LogP contribution in [0.25, 0.3) is 4.96 Å². The topological polar surface area (TPSA) is 61.2 Å². The quantitative estimate of drug-likeness (QED) is 0.559. The lowest BCUT2D eigenvalue weighted by Crippen LogP contribution is -2.51. The molecule has 7 nitrogen and oxygen atoms in total. The highest BCUT2D eigenvalue weighted by Crippen LogP contribution is 2.27. The van der Waals surface area contributed by atoms with Gasteiger partial charge in [0, 0.05) is 62.1 Å². The number of thiazole rings is 1. The number of piperazine rings is 1. The number of fused-ring (bicyclic) bond motifs is 1. The summed E-state index contributed by atoms with van der Waals surface area (Å²) in [5, 5.41) is 1.88. The second kappa shape index (κ2) is 10.2. The van der Waals surface area contributed by atoms with Crippen molar-refractivity contribution in [2.45, 2.75) is 44.7 Å². The Labute approximate surface area is 198 Å². The number of benzene rings is 1. The summed E-state index contributed by atoms with van der Waals surface area (Å²) in [5.41, 5.74) is 1.82. The lowest BCUT2D eigenvalue weighted by Gasteiger charge is -2.38. The number of carbonyl (C=O) groups is 1. The largest absolute Gasteiger partial charge is 0.308 e. The summed E-state index contributed by atoms with van der Waals surface area (Å²) in [6.07, 6.45) is 7.63. The fraction of sp³-hybridized carbons (Fsp3) is 0.480. The number of amides is 1. The summed E-state index contributed by atoms with van der Waals surface area (Å²) < 4.78 is 1.59. The van der Waals surface area contributed by atoms with Crippen LogP contribution >= 0.6 is 11.3 Å². The molecule has 0 radical (unpaired) electrons. The lowest BCUT2D eigenvalue weighted by atomic mass is 9.93. The first-order valence-electron chi connectivity index (χ1n) is 11.9. The van der Waals surface area contributed by atoms with Gasteiger partial charge < -0.3 is 4.90 Å². The molecule has 3 heterocycles. The molecule has 1 saturated carbocycles. The Morgan fingerprint density at radius 3 is 2.52 bits per heavy atom. The molecule has 174 valence electrons. The number of para-hydroxylation sites is 1. The van der Waals surface area contributed by atoms with Crippen LogP contribution in [0.5, 0.6) is 0 Å². The summed E-state index contributed by atoms with van der Waals surface area (Å²) in [7, 11) is 0. The maximum atomic E-state index is 13.4. The van der Waals surface area contributed by atoms with E-state index in [2.05, 4.69) is 31.8 Å². The van der Waals surface area contributed by atoms with Crippen molar-refractivity contribution in [3.05, 3.63) is 64.0 Å². The van der Waals surface area contributed by atoms with Gasteiger partial charge in [0.2, 0.25) is 5.91 Å². The maximum absolute atomic E-state index is 13.4. The number of carbonyl (C=O) groups excluding carboxylic acids is 1. The Morgan fingerprint density at radius 1 is 1.03 bits per heavy atom. The van der Waals surface area contributed by atoms with Gasteiger partial charge in [0.25, 0.3) is 5.56 Å². The van der Waals surface area contributed by atoms with Gasteiger partial charge in [-0.2, -0.15) is 0 Å². The molecule has 0 bridgehead atoms. The Hall–Kier alpha value is -2.55. The first-order chi connectivity index (χ1) is 16.2. The highest BCUT2D eigenvalue weighted by atomic mass is 32.1. The zero-order valence-corrected chi connectivity index (χ0v) is 19.8. The second-order valence-corrected chi connectivity index (χ2v) is 9.96. The minimum Gasteiger partial charge on any atom is -0.308 e. The molecule has 1 amide bonds. The van der Waals surface area contributed by atoms with Crippen molar-refractivity contribution in [2.75, 3.05) is 37.6 Å². The molecular formula is C25H31N5O2S. The third kappa shape index (κ3) is 5.18. The fourth-order valence-electron chi connectivity index (χ4n) is 5.06. The summed E-state index contributed by atoms with van der Waals surface area (Å²) in [5.74, 6) is 0.208. The van der Waals surface area contributed by atoms with Crippen LogP contribution in [-0.4, -0.2) is 63.9 Å². The van der Waals surface area contributed by atoms with Gasteiger partial charge in [0.1, 0.15) is 0 Å². The predicted molar refractivity (Wildman–Crippen MR) is 132 cm³/mol. The van der Waals surface area contributed by atoms with Gasteiger partial charge in [-0.05, 0) is 25.0 Å². The van der Waals surface area contributed by atoms with E-state index in [1.165, 1.54) is 30.6 Å². The van der Waals surface area contributed by atoms with Crippen LogP contribution in [-0.2, 0) is 11.3 Å². The average molecular weight is 466 g/mol. The zero-order valence-electron chi connectivity index (χ0n) is 18.9. The third-order valence-electron chi connectivity index (χ3n) is 6.81. The minimum atomic E-state index is -0.0239. The standard InChI is InChI=1S/C25H31N5O2S/c31-23-17-20(26-25-29(23)15-16-33-25)18-27-11-13-28(14-12-27)19-24(32)30(21-7-3-1-4-8-21)22-9-5-2-6-10-22/h1,3-4,7-8,15-17,22H,2,5-6,9-14,18-19H2. The van der Waals surface area contributed by atoms with Gasteiger partial charge in [0.15, 0.2) is 4.96 Å². The van der Waals surface area contributed by atoms with E-state index in [1.54, 1.807) is 16.7 Å². The van der Waals surface area contributed by atoms with Gasteiger partial charge in [-0.3, -0.25) is 23.8 Å². The van der Waals surface area contributed by atoms with Crippen LogP contribution in [0.1, 0.15) is 37.8 Å². The van der Waals surface area contributed by atoms with Crippen LogP contribution in [0, 0.1) is 0 Å². The minimum absolute atomic E-state index is 0.0239. The Morgan fingerprint density at radius 2 is 1.76 bits per heavy atom. The number of hydrogen-bond donors (Lipinski definition) is 0. The third-order valence-corrected chi connectivity index (χ3v) is 7.57. The summed E-state index contributed by atoms with van der Waals surface area (Å²) >= 11 is 1.48. The summed E-state index contributed by atoms with van der Waals surface area (Å²) in [6, 6.07) is 12.1. The van der Waals surface area contributed by atoms with E-state index < -0.39 is 0 Å². The summed E-state index contributed by atoms with van der Waals surface area (Å²) in [4.78, 5) is 37.7. The molecule has 0 atom stereocenters. The molecule has 1 aliphatic carbocycles. The predicted octanol–water partition coefficient (Wildman–Crippen LogP) is 3.24. The highest BCUT2D eigenvalue weighted by Gasteiger charge is 2.29. The van der Waals surface area contributed by atoms with Gasteiger partial charge in [-0.15, -0.1) is 11.3 Å². The van der Waals surface area contributed by atoms with Crippen molar-refractivity contribution in [3.63, 3.8) is 0 Å². The average Bonchev–Trinajstić information content (AvgIpc) is 3.31. The van der Waals surface area contributed by atoms with E-state index in [1.807, 2.05) is 23.6 Å². The molecule has 3 aromatic rings. The SMILES string of the molecule is O=C(CN1CCN(Cc2cc(=O)n3ccsc3n2)CC1)N(c1ccccc1)C1CCCCC1. The molecule has 33 heavy (non-hydrogen) atoms. The molecule has 1 aromatic carbocycles. The van der Waals surface area contributed by atoms with E-state index in [0.29, 0.717) is 19.1 Å². The van der Waals surface area contributed by atoms with Crippen LogP contribution in [0.4, 0.5) is 5.69 Å². The first-order valence-corrected chi connectivity index (χ1v) is 12.8. The number of aromatic nitrogens is 2. The van der Waals surface area contributed by atoms with Crippen LogP contribution < -0.4 is 10.5 Å². The first kappa shape index (κ1) is 22.3. The molecule has 0 unspecified atom stereocenters.